The zero-order chi connectivity index (χ0) is 18.5. The third kappa shape index (κ3) is 3.44. The van der Waals surface area contributed by atoms with E-state index >= 15 is 0 Å². The van der Waals surface area contributed by atoms with Crippen LogP contribution in [0.4, 0.5) is 0 Å². The molecule has 3 fully saturated rings. The number of amides is 1. The number of sulfonamides is 1. The molecule has 1 unspecified atom stereocenters. The van der Waals surface area contributed by atoms with Crippen LogP contribution in [-0.4, -0.2) is 74.9 Å². The van der Waals surface area contributed by atoms with Crippen molar-refractivity contribution >= 4 is 37.1 Å². The molecule has 26 heavy (non-hydrogen) atoms. The summed E-state index contributed by atoms with van der Waals surface area (Å²) in [6, 6.07) is 2.02. The van der Waals surface area contributed by atoms with Crippen molar-refractivity contribution in [2.75, 3.05) is 37.7 Å². The highest BCUT2D eigenvalue weighted by molar-refractivity contribution is 7.95. The fourth-order valence-electron chi connectivity index (χ4n) is 3.70. The summed E-state index contributed by atoms with van der Waals surface area (Å²) in [5, 5.41) is 1.11. The van der Waals surface area contributed by atoms with Gasteiger partial charge in [-0.25, -0.2) is 16.8 Å². The number of carbonyl (C=O) groups is 1. The van der Waals surface area contributed by atoms with Crippen molar-refractivity contribution in [2.45, 2.75) is 30.4 Å². The van der Waals surface area contributed by atoms with Crippen LogP contribution in [0.25, 0.3) is 0 Å². The summed E-state index contributed by atoms with van der Waals surface area (Å²) in [5.41, 5.74) is 1.13. The first-order valence-electron chi connectivity index (χ1n) is 8.84. The minimum Gasteiger partial charge on any atom is -0.335 e. The van der Waals surface area contributed by atoms with Crippen molar-refractivity contribution in [1.29, 1.82) is 0 Å². The van der Waals surface area contributed by atoms with Crippen LogP contribution in [0, 0.1) is 0 Å². The molecular formula is C16H22N2O5S3. The Morgan fingerprint density at radius 2 is 1.81 bits per heavy atom. The van der Waals surface area contributed by atoms with Crippen molar-refractivity contribution in [2.24, 2.45) is 0 Å². The number of piperazine rings is 1. The van der Waals surface area contributed by atoms with Crippen LogP contribution in [0.5, 0.6) is 0 Å². The normalized spacial score (nSPS) is 26.9. The van der Waals surface area contributed by atoms with Crippen molar-refractivity contribution in [3.8, 4) is 0 Å². The monoisotopic (exact) mass is 418 g/mol. The second kappa shape index (κ2) is 6.57. The maximum atomic E-state index is 12.8. The Balaban J connectivity index is 1.41. The Bertz CT molecular complexity index is 909. The van der Waals surface area contributed by atoms with Crippen LogP contribution in [0.1, 0.15) is 40.4 Å². The molecule has 0 N–H and O–H groups in total. The minimum atomic E-state index is -3.63. The first kappa shape index (κ1) is 18.4. The molecular weight excluding hydrogens is 396 g/mol. The number of nitrogens with zero attached hydrogens (tertiary/aromatic N) is 2. The van der Waals surface area contributed by atoms with Gasteiger partial charge < -0.3 is 4.90 Å². The van der Waals surface area contributed by atoms with E-state index in [-0.39, 0.29) is 36.9 Å². The summed E-state index contributed by atoms with van der Waals surface area (Å²) in [6.45, 7) is 1.16. The standard InChI is InChI=1S/C16H22N2O5S3/c19-16(15-14(3-9-24-15)12-1-2-12)17-5-7-18(8-6-17)26(22,23)13-4-10-25(20,21)11-13/h3,9,12-13H,1-2,4-8,10-11H2. The van der Waals surface area contributed by atoms with Gasteiger partial charge in [-0.3, -0.25) is 4.79 Å². The molecule has 1 aliphatic carbocycles. The van der Waals surface area contributed by atoms with Crippen molar-refractivity contribution in [3.63, 3.8) is 0 Å². The summed E-state index contributed by atoms with van der Waals surface area (Å²) < 4.78 is 49.9. The SMILES string of the molecule is O=C(c1sccc1C1CC1)N1CCN(S(=O)(=O)C2CCS(=O)(=O)C2)CC1. The molecule has 10 heteroatoms. The van der Waals surface area contributed by atoms with Crippen LogP contribution in [0.2, 0.25) is 0 Å². The largest absolute Gasteiger partial charge is 0.335 e. The zero-order valence-electron chi connectivity index (χ0n) is 14.3. The van der Waals surface area contributed by atoms with Crippen LogP contribution in [0.15, 0.2) is 11.4 Å². The molecule has 1 aromatic heterocycles. The number of hydrogen-bond acceptors (Lipinski definition) is 6. The van der Waals surface area contributed by atoms with Crippen LogP contribution in [0.3, 0.4) is 0 Å². The smallest absolute Gasteiger partial charge is 0.264 e. The molecule has 0 spiro atoms. The average Bonchev–Trinajstić information content (AvgIpc) is 3.21. The Labute approximate surface area is 158 Å². The molecule has 0 aromatic carbocycles. The van der Waals surface area contributed by atoms with Gasteiger partial charge in [0, 0.05) is 26.2 Å². The molecule has 144 valence electrons. The van der Waals surface area contributed by atoms with Gasteiger partial charge in [0.15, 0.2) is 9.84 Å². The van der Waals surface area contributed by atoms with Gasteiger partial charge in [-0.1, -0.05) is 0 Å². The molecule has 7 nitrogen and oxygen atoms in total. The maximum absolute atomic E-state index is 12.8. The Morgan fingerprint density at radius 3 is 2.38 bits per heavy atom. The Hall–Kier alpha value is -0.970. The first-order chi connectivity index (χ1) is 12.3. The van der Waals surface area contributed by atoms with E-state index in [1.165, 1.54) is 15.6 Å². The summed E-state index contributed by atoms with van der Waals surface area (Å²) in [5.74, 6) is 0.153. The van der Waals surface area contributed by atoms with Gasteiger partial charge in [-0.15, -0.1) is 11.3 Å². The summed E-state index contributed by atoms with van der Waals surface area (Å²) in [7, 11) is -6.88. The number of hydrogen-bond donors (Lipinski definition) is 0. The third-order valence-electron chi connectivity index (χ3n) is 5.40. The highest BCUT2D eigenvalue weighted by Crippen LogP contribution is 2.43. The lowest BCUT2D eigenvalue weighted by atomic mass is 10.1. The van der Waals surface area contributed by atoms with Crippen molar-refractivity contribution in [1.82, 2.24) is 9.21 Å². The van der Waals surface area contributed by atoms with E-state index in [1.807, 2.05) is 11.4 Å². The van der Waals surface area contributed by atoms with E-state index in [4.69, 9.17) is 0 Å². The molecule has 4 rings (SSSR count). The van der Waals surface area contributed by atoms with E-state index in [0.717, 1.165) is 23.3 Å². The second-order valence-electron chi connectivity index (χ2n) is 7.24. The summed E-state index contributed by atoms with van der Waals surface area (Å²) >= 11 is 1.46. The maximum Gasteiger partial charge on any atom is 0.264 e. The molecule has 1 aromatic rings. The molecule has 0 bridgehead atoms. The Morgan fingerprint density at radius 1 is 1.12 bits per heavy atom. The van der Waals surface area contributed by atoms with E-state index < -0.39 is 25.1 Å². The molecule has 1 amide bonds. The quantitative estimate of drug-likeness (QED) is 0.724. The topological polar surface area (TPSA) is 91.8 Å². The second-order valence-corrected chi connectivity index (χ2v) is 12.6. The van der Waals surface area contributed by atoms with E-state index in [2.05, 4.69) is 0 Å². The highest BCUT2D eigenvalue weighted by atomic mass is 32.2. The van der Waals surface area contributed by atoms with Crippen molar-refractivity contribution in [3.05, 3.63) is 21.9 Å². The lowest BCUT2D eigenvalue weighted by molar-refractivity contribution is 0.0701. The van der Waals surface area contributed by atoms with Gasteiger partial charge >= 0.3 is 0 Å². The molecule has 2 saturated heterocycles. The molecule has 1 saturated carbocycles. The predicted octanol–water partition coefficient (Wildman–Crippen LogP) is 0.900. The minimum absolute atomic E-state index is 0.0117. The van der Waals surface area contributed by atoms with E-state index in [9.17, 15) is 21.6 Å². The fraction of sp³-hybridized carbons (Fsp3) is 0.688. The lowest BCUT2D eigenvalue weighted by Gasteiger charge is -2.35. The number of rotatable bonds is 4. The number of carbonyl (C=O) groups excluding carboxylic acids is 1. The number of thiophene rings is 1. The van der Waals surface area contributed by atoms with Gasteiger partial charge in [0.05, 0.1) is 21.6 Å². The fourth-order valence-corrected chi connectivity index (χ4v) is 9.17. The first-order valence-corrected chi connectivity index (χ1v) is 13.0. The lowest BCUT2D eigenvalue weighted by Crippen LogP contribution is -2.52. The third-order valence-corrected chi connectivity index (χ3v) is 10.6. The molecule has 1 atom stereocenters. The summed E-state index contributed by atoms with van der Waals surface area (Å²) in [6.07, 6.45) is 2.43. The van der Waals surface area contributed by atoms with Gasteiger partial charge in [0.1, 0.15) is 0 Å². The van der Waals surface area contributed by atoms with Gasteiger partial charge in [-0.05, 0) is 42.2 Å². The van der Waals surface area contributed by atoms with E-state index in [0.29, 0.717) is 19.0 Å². The zero-order valence-corrected chi connectivity index (χ0v) is 16.8. The highest BCUT2D eigenvalue weighted by Gasteiger charge is 2.42. The molecule has 2 aliphatic heterocycles. The average molecular weight is 419 g/mol. The number of sulfone groups is 1. The Kier molecular flexibility index (Phi) is 4.65. The van der Waals surface area contributed by atoms with Crippen LogP contribution in [-0.2, 0) is 19.9 Å². The summed E-state index contributed by atoms with van der Waals surface area (Å²) in [4.78, 5) is 15.3. The molecule has 0 radical (unpaired) electrons. The van der Waals surface area contributed by atoms with Crippen LogP contribution >= 0.6 is 11.3 Å². The van der Waals surface area contributed by atoms with Gasteiger partial charge in [0.25, 0.3) is 5.91 Å². The molecule has 3 heterocycles. The predicted molar refractivity (Wildman–Crippen MR) is 99.7 cm³/mol. The molecule has 3 aliphatic rings. The van der Waals surface area contributed by atoms with Gasteiger partial charge in [0.2, 0.25) is 10.0 Å². The van der Waals surface area contributed by atoms with E-state index in [1.54, 1.807) is 4.90 Å². The van der Waals surface area contributed by atoms with Crippen molar-refractivity contribution < 1.29 is 21.6 Å². The van der Waals surface area contributed by atoms with Gasteiger partial charge in [-0.2, -0.15) is 4.31 Å². The van der Waals surface area contributed by atoms with Crippen LogP contribution < -0.4 is 0 Å².